The van der Waals surface area contributed by atoms with Crippen molar-refractivity contribution in [3.63, 3.8) is 0 Å². The second-order valence-corrected chi connectivity index (χ2v) is 4.65. The SMILES string of the molecule is CCC[C@H](O)[C@@H](C)C(=O)n1c(=O)oc2ccccc21. The summed E-state index contributed by atoms with van der Waals surface area (Å²) in [5, 5.41) is 9.88. The molecule has 0 saturated heterocycles. The van der Waals surface area contributed by atoms with Crippen LogP contribution in [0.1, 0.15) is 31.5 Å². The number of fused-ring (bicyclic) bond motifs is 1. The molecule has 0 aliphatic carbocycles. The van der Waals surface area contributed by atoms with Gasteiger partial charge in [-0.05, 0) is 18.6 Å². The molecule has 0 fully saturated rings. The van der Waals surface area contributed by atoms with Crippen LogP contribution in [0.5, 0.6) is 0 Å². The minimum atomic E-state index is -0.752. The fourth-order valence-corrected chi connectivity index (χ4v) is 2.09. The molecule has 0 spiro atoms. The number of carbonyl (C=O) groups is 1. The van der Waals surface area contributed by atoms with Gasteiger partial charge in [0.1, 0.15) is 0 Å². The van der Waals surface area contributed by atoms with Gasteiger partial charge < -0.3 is 9.52 Å². The number of aliphatic hydroxyl groups excluding tert-OH is 1. The number of aromatic nitrogens is 1. The third-order valence-electron chi connectivity index (χ3n) is 3.26. The van der Waals surface area contributed by atoms with Crippen LogP contribution in [0.4, 0.5) is 0 Å². The number of hydrogen-bond donors (Lipinski definition) is 1. The van der Waals surface area contributed by atoms with Gasteiger partial charge >= 0.3 is 5.76 Å². The van der Waals surface area contributed by atoms with Gasteiger partial charge in [-0.25, -0.2) is 9.36 Å². The summed E-state index contributed by atoms with van der Waals surface area (Å²) in [5.74, 6) is -1.78. The first-order chi connectivity index (χ1) is 9.06. The molecular weight excluding hydrogens is 246 g/mol. The number of carbonyl (C=O) groups excluding carboxylic acids is 1. The second-order valence-electron chi connectivity index (χ2n) is 4.65. The largest absolute Gasteiger partial charge is 0.426 e. The molecule has 2 aromatic rings. The van der Waals surface area contributed by atoms with E-state index in [1.807, 2.05) is 6.92 Å². The quantitative estimate of drug-likeness (QED) is 0.916. The predicted octanol–water partition coefficient (Wildman–Crippen LogP) is 2.03. The zero-order chi connectivity index (χ0) is 14.0. The lowest BCUT2D eigenvalue weighted by atomic mass is 10.00. The Labute approximate surface area is 110 Å². The van der Waals surface area contributed by atoms with E-state index >= 15 is 0 Å². The van der Waals surface area contributed by atoms with Crippen molar-refractivity contribution in [2.75, 3.05) is 0 Å². The van der Waals surface area contributed by atoms with E-state index in [1.165, 1.54) is 0 Å². The molecule has 1 aromatic heterocycles. The Morgan fingerprint density at radius 3 is 2.79 bits per heavy atom. The normalized spacial score (nSPS) is 14.5. The zero-order valence-electron chi connectivity index (χ0n) is 11.0. The maximum atomic E-state index is 12.3. The van der Waals surface area contributed by atoms with Crippen molar-refractivity contribution in [2.24, 2.45) is 5.92 Å². The summed E-state index contributed by atoms with van der Waals surface area (Å²) < 4.78 is 6.01. The Balaban J connectivity index is 2.41. The van der Waals surface area contributed by atoms with Gasteiger partial charge in [-0.2, -0.15) is 0 Å². The van der Waals surface area contributed by atoms with Gasteiger partial charge in [0.2, 0.25) is 5.91 Å². The highest BCUT2D eigenvalue weighted by Crippen LogP contribution is 2.16. The van der Waals surface area contributed by atoms with E-state index in [0.717, 1.165) is 11.0 Å². The monoisotopic (exact) mass is 263 g/mol. The van der Waals surface area contributed by atoms with Gasteiger partial charge in [0.25, 0.3) is 0 Å². The molecule has 1 N–H and O–H groups in total. The van der Waals surface area contributed by atoms with Crippen LogP contribution in [-0.4, -0.2) is 21.7 Å². The summed E-state index contributed by atoms with van der Waals surface area (Å²) in [5.41, 5.74) is 0.811. The lowest BCUT2D eigenvalue weighted by Crippen LogP contribution is -2.34. The van der Waals surface area contributed by atoms with Gasteiger partial charge in [0.15, 0.2) is 5.58 Å². The van der Waals surface area contributed by atoms with Crippen molar-refractivity contribution < 1.29 is 14.3 Å². The Hall–Kier alpha value is -1.88. The fourth-order valence-electron chi connectivity index (χ4n) is 2.09. The van der Waals surface area contributed by atoms with Crippen molar-refractivity contribution in [1.29, 1.82) is 0 Å². The van der Waals surface area contributed by atoms with Crippen molar-refractivity contribution in [3.05, 3.63) is 34.8 Å². The molecule has 5 heteroatoms. The van der Waals surface area contributed by atoms with Gasteiger partial charge in [0, 0.05) is 0 Å². The minimum Gasteiger partial charge on any atom is -0.407 e. The third kappa shape index (κ3) is 2.46. The highest BCUT2D eigenvalue weighted by molar-refractivity contribution is 5.90. The average molecular weight is 263 g/mol. The van der Waals surface area contributed by atoms with Crippen molar-refractivity contribution >= 4 is 17.0 Å². The predicted molar refractivity (Wildman–Crippen MR) is 71.2 cm³/mol. The van der Waals surface area contributed by atoms with Crippen LogP contribution in [0.2, 0.25) is 0 Å². The van der Waals surface area contributed by atoms with Gasteiger partial charge in [0.05, 0.1) is 17.5 Å². The number of benzene rings is 1. The van der Waals surface area contributed by atoms with Crippen LogP contribution in [0.3, 0.4) is 0 Å². The number of nitrogens with zero attached hydrogens (tertiary/aromatic N) is 1. The number of para-hydroxylation sites is 2. The van der Waals surface area contributed by atoms with E-state index in [1.54, 1.807) is 31.2 Å². The van der Waals surface area contributed by atoms with E-state index in [2.05, 4.69) is 0 Å². The molecule has 0 aliphatic heterocycles. The van der Waals surface area contributed by atoms with Crippen LogP contribution in [0.15, 0.2) is 33.5 Å². The van der Waals surface area contributed by atoms with Crippen LogP contribution in [0, 0.1) is 5.92 Å². The standard InChI is InChI=1S/C14H17NO4/c1-3-6-11(16)9(2)13(17)15-10-7-4-5-8-12(10)19-14(15)18/h4-5,7-9,11,16H,3,6H2,1-2H3/t9-,11+/m1/s1. The maximum Gasteiger partial charge on any atom is 0.426 e. The first-order valence-electron chi connectivity index (χ1n) is 6.39. The molecule has 1 heterocycles. The van der Waals surface area contributed by atoms with Crippen LogP contribution in [0.25, 0.3) is 11.1 Å². The van der Waals surface area contributed by atoms with E-state index in [4.69, 9.17) is 4.42 Å². The second kappa shape index (κ2) is 5.40. The molecule has 2 atom stereocenters. The number of rotatable bonds is 4. The summed E-state index contributed by atoms with van der Waals surface area (Å²) in [6.07, 6.45) is 0.551. The maximum absolute atomic E-state index is 12.3. The molecule has 1 aromatic carbocycles. The molecule has 102 valence electrons. The molecule has 5 nitrogen and oxygen atoms in total. The van der Waals surface area contributed by atoms with E-state index < -0.39 is 23.7 Å². The smallest absolute Gasteiger partial charge is 0.407 e. The van der Waals surface area contributed by atoms with Gasteiger partial charge in [-0.3, -0.25) is 4.79 Å². The van der Waals surface area contributed by atoms with E-state index in [9.17, 15) is 14.7 Å². The molecule has 0 saturated carbocycles. The Morgan fingerprint density at radius 2 is 2.11 bits per heavy atom. The molecule has 0 radical (unpaired) electrons. The van der Waals surface area contributed by atoms with Crippen LogP contribution < -0.4 is 5.76 Å². The van der Waals surface area contributed by atoms with Crippen LogP contribution in [-0.2, 0) is 0 Å². The Kier molecular flexibility index (Phi) is 3.85. The number of aliphatic hydroxyl groups is 1. The topological polar surface area (TPSA) is 72.4 Å². The Morgan fingerprint density at radius 1 is 1.42 bits per heavy atom. The summed E-state index contributed by atoms with van der Waals surface area (Å²) in [6, 6.07) is 6.74. The van der Waals surface area contributed by atoms with Crippen LogP contribution >= 0.6 is 0 Å². The number of hydrogen-bond acceptors (Lipinski definition) is 4. The fraction of sp³-hybridized carbons (Fsp3) is 0.429. The van der Waals surface area contributed by atoms with E-state index in [-0.39, 0.29) is 0 Å². The minimum absolute atomic E-state index is 0.373. The van der Waals surface area contributed by atoms with Gasteiger partial charge in [-0.1, -0.05) is 32.4 Å². The summed E-state index contributed by atoms with van der Waals surface area (Å²) in [7, 11) is 0. The molecule has 19 heavy (non-hydrogen) atoms. The number of oxazole rings is 1. The van der Waals surface area contributed by atoms with Crippen molar-refractivity contribution in [2.45, 2.75) is 32.8 Å². The molecule has 0 bridgehead atoms. The molecule has 0 aliphatic rings. The van der Waals surface area contributed by atoms with E-state index in [0.29, 0.717) is 17.5 Å². The summed E-state index contributed by atoms with van der Waals surface area (Å²) in [4.78, 5) is 24.1. The van der Waals surface area contributed by atoms with Gasteiger partial charge in [-0.15, -0.1) is 0 Å². The molecular formula is C14H17NO4. The Bertz CT molecular complexity index is 640. The first-order valence-corrected chi connectivity index (χ1v) is 6.39. The molecule has 0 amide bonds. The van der Waals surface area contributed by atoms with Crippen molar-refractivity contribution in [1.82, 2.24) is 4.57 Å². The molecule has 0 unspecified atom stereocenters. The lowest BCUT2D eigenvalue weighted by molar-refractivity contribution is 0.0605. The van der Waals surface area contributed by atoms with Crippen molar-refractivity contribution in [3.8, 4) is 0 Å². The highest BCUT2D eigenvalue weighted by atomic mass is 16.4. The average Bonchev–Trinajstić information content (AvgIpc) is 2.73. The summed E-state index contributed by atoms with van der Waals surface area (Å²) in [6.45, 7) is 3.55. The highest BCUT2D eigenvalue weighted by Gasteiger charge is 2.26. The summed E-state index contributed by atoms with van der Waals surface area (Å²) >= 11 is 0. The first kappa shape index (κ1) is 13.5. The zero-order valence-corrected chi connectivity index (χ0v) is 11.0. The lowest BCUT2D eigenvalue weighted by Gasteiger charge is -2.16. The third-order valence-corrected chi connectivity index (χ3v) is 3.26. The molecule has 2 rings (SSSR count).